The van der Waals surface area contributed by atoms with Crippen molar-refractivity contribution < 1.29 is 12.6 Å². The third-order valence-electron chi connectivity index (χ3n) is 3.28. The van der Waals surface area contributed by atoms with Crippen LogP contribution in [0.3, 0.4) is 0 Å². The van der Waals surface area contributed by atoms with Gasteiger partial charge in [0.15, 0.2) is 0 Å². The summed E-state index contributed by atoms with van der Waals surface area (Å²) in [5.74, 6) is 2.41. The maximum atomic E-state index is 12.2. The summed E-state index contributed by atoms with van der Waals surface area (Å²) in [5, 5.41) is 0. The standard InChI is InChI=1S/C18H18O3S/c1-3-17(12-11-16-7-5-4-6-8-16)21-22(19,20)18-13-9-15(2)10-14-18/h1,4-10,13-14,17H,11-12H2,2H3/t17-/m0/s1. The highest BCUT2D eigenvalue weighted by atomic mass is 32.2. The molecule has 0 saturated heterocycles. The molecular formula is C18H18O3S. The molecule has 0 amide bonds. The Morgan fingerprint density at radius 2 is 1.73 bits per heavy atom. The van der Waals surface area contributed by atoms with Crippen molar-refractivity contribution in [3.05, 3.63) is 65.7 Å². The van der Waals surface area contributed by atoms with E-state index in [1.807, 2.05) is 37.3 Å². The van der Waals surface area contributed by atoms with Gasteiger partial charge in [-0.2, -0.15) is 8.42 Å². The Balaban J connectivity index is 2.03. The van der Waals surface area contributed by atoms with Gasteiger partial charge < -0.3 is 0 Å². The van der Waals surface area contributed by atoms with Crippen LogP contribution in [0.1, 0.15) is 17.5 Å². The summed E-state index contributed by atoms with van der Waals surface area (Å²) in [6.07, 6.45) is 5.75. The Labute approximate surface area is 132 Å². The Kier molecular flexibility index (Phi) is 5.37. The fraction of sp³-hybridized carbons (Fsp3) is 0.222. The van der Waals surface area contributed by atoms with E-state index in [9.17, 15) is 8.42 Å². The lowest BCUT2D eigenvalue weighted by Gasteiger charge is -2.12. The van der Waals surface area contributed by atoms with Crippen molar-refractivity contribution in [2.24, 2.45) is 0 Å². The van der Waals surface area contributed by atoms with Crippen molar-refractivity contribution in [3.8, 4) is 12.3 Å². The molecule has 0 aliphatic carbocycles. The molecule has 0 radical (unpaired) electrons. The zero-order valence-electron chi connectivity index (χ0n) is 12.4. The van der Waals surface area contributed by atoms with Crippen molar-refractivity contribution in [2.45, 2.75) is 30.8 Å². The molecule has 0 N–H and O–H groups in total. The van der Waals surface area contributed by atoms with Gasteiger partial charge in [-0.15, -0.1) is 6.42 Å². The smallest absolute Gasteiger partial charge is 0.250 e. The van der Waals surface area contributed by atoms with E-state index >= 15 is 0 Å². The lowest BCUT2D eigenvalue weighted by molar-refractivity contribution is 0.254. The molecule has 0 aliphatic rings. The predicted molar refractivity (Wildman–Crippen MR) is 86.8 cm³/mol. The first-order valence-electron chi connectivity index (χ1n) is 7.01. The molecule has 3 nitrogen and oxygen atoms in total. The fourth-order valence-corrected chi connectivity index (χ4v) is 3.05. The largest absolute Gasteiger partial charge is 0.298 e. The topological polar surface area (TPSA) is 43.4 Å². The number of benzene rings is 2. The minimum absolute atomic E-state index is 0.123. The Morgan fingerprint density at radius 3 is 2.32 bits per heavy atom. The quantitative estimate of drug-likeness (QED) is 0.607. The molecule has 22 heavy (non-hydrogen) atoms. The van der Waals surface area contributed by atoms with E-state index in [-0.39, 0.29) is 4.90 Å². The molecule has 0 saturated carbocycles. The van der Waals surface area contributed by atoms with Crippen LogP contribution in [-0.2, 0) is 20.7 Å². The Bertz CT molecular complexity index is 741. The molecule has 2 aromatic rings. The van der Waals surface area contributed by atoms with Gasteiger partial charge in [-0.25, -0.2) is 4.18 Å². The lowest BCUT2D eigenvalue weighted by atomic mass is 10.1. The predicted octanol–water partition coefficient (Wildman–Crippen LogP) is 3.33. The van der Waals surface area contributed by atoms with E-state index in [2.05, 4.69) is 5.92 Å². The molecule has 0 spiro atoms. The van der Waals surface area contributed by atoms with Gasteiger partial charge in [0.2, 0.25) is 0 Å². The van der Waals surface area contributed by atoms with E-state index < -0.39 is 16.2 Å². The summed E-state index contributed by atoms with van der Waals surface area (Å²) in [6, 6.07) is 16.2. The first-order chi connectivity index (χ1) is 10.5. The van der Waals surface area contributed by atoms with Gasteiger partial charge in [0.1, 0.15) is 6.10 Å². The SMILES string of the molecule is C#C[C@@H](CCc1ccccc1)OS(=O)(=O)c1ccc(C)cc1. The summed E-state index contributed by atoms with van der Waals surface area (Å²) in [7, 11) is -3.84. The Morgan fingerprint density at radius 1 is 1.09 bits per heavy atom. The van der Waals surface area contributed by atoms with Gasteiger partial charge in [0.25, 0.3) is 10.1 Å². The lowest BCUT2D eigenvalue weighted by Crippen LogP contribution is -2.18. The van der Waals surface area contributed by atoms with Crippen molar-refractivity contribution in [1.82, 2.24) is 0 Å². The van der Waals surface area contributed by atoms with Gasteiger partial charge >= 0.3 is 0 Å². The highest BCUT2D eigenvalue weighted by Crippen LogP contribution is 2.17. The molecule has 0 unspecified atom stereocenters. The van der Waals surface area contributed by atoms with Gasteiger partial charge in [-0.3, -0.25) is 0 Å². The average molecular weight is 314 g/mol. The second-order valence-electron chi connectivity index (χ2n) is 5.04. The number of aryl methyl sites for hydroxylation is 2. The van der Waals surface area contributed by atoms with Crippen molar-refractivity contribution in [1.29, 1.82) is 0 Å². The van der Waals surface area contributed by atoms with E-state index in [1.54, 1.807) is 12.1 Å². The molecular weight excluding hydrogens is 296 g/mol. The molecule has 114 valence electrons. The second-order valence-corrected chi connectivity index (χ2v) is 6.62. The van der Waals surface area contributed by atoms with E-state index in [4.69, 9.17) is 10.6 Å². The van der Waals surface area contributed by atoms with E-state index in [1.165, 1.54) is 12.1 Å². The van der Waals surface area contributed by atoms with Crippen LogP contribution in [0.2, 0.25) is 0 Å². The number of hydrogen-bond donors (Lipinski definition) is 0. The number of terminal acetylenes is 1. The fourth-order valence-electron chi connectivity index (χ4n) is 2.02. The molecule has 0 fully saturated rings. The third-order valence-corrected chi connectivity index (χ3v) is 4.61. The van der Waals surface area contributed by atoms with Crippen molar-refractivity contribution >= 4 is 10.1 Å². The first kappa shape index (κ1) is 16.3. The van der Waals surface area contributed by atoms with Gasteiger partial charge in [-0.05, 0) is 37.5 Å². The molecule has 2 rings (SSSR count). The molecule has 0 bridgehead atoms. The van der Waals surface area contributed by atoms with Crippen LogP contribution in [0.25, 0.3) is 0 Å². The van der Waals surface area contributed by atoms with Crippen molar-refractivity contribution in [2.75, 3.05) is 0 Å². The van der Waals surface area contributed by atoms with Crippen LogP contribution in [0, 0.1) is 19.3 Å². The number of rotatable bonds is 6. The van der Waals surface area contributed by atoms with Crippen LogP contribution < -0.4 is 0 Å². The van der Waals surface area contributed by atoms with Crippen molar-refractivity contribution in [3.63, 3.8) is 0 Å². The maximum absolute atomic E-state index is 12.2. The van der Waals surface area contributed by atoms with Crippen LogP contribution in [0.15, 0.2) is 59.5 Å². The van der Waals surface area contributed by atoms with Crippen LogP contribution in [-0.4, -0.2) is 14.5 Å². The van der Waals surface area contributed by atoms with Crippen LogP contribution in [0.5, 0.6) is 0 Å². The van der Waals surface area contributed by atoms with Gasteiger partial charge in [-0.1, -0.05) is 53.9 Å². The summed E-state index contributed by atoms with van der Waals surface area (Å²) in [6.45, 7) is 1.89. The number of hydrogen-bond acceptors (Lipinski definition) is 3. The summed E-state index contributed by atoms with van der Waals surface area (Å²) < 4.78 is 29.6. The minimum atomic E-state index is -3.84. The molecule has 0 aliphatic heterocycles. The summed E-state index contributed by atoms with van der Waals surface area (Å²) in [5.41, 5.74) is 2.08. The summed E-state index contributed by atoms with van der Waals surface area (Å²) in [4.78, 5) is 0.123. The molecule has 4 heteroatoms. The van der Waals surface area contributed by atoms with Gasteiger partial charge in [0, 0.05) is 0 Å². The Hall–Kier alpha value is -2.09. The third kappa shape index (κ3) is 4.45. The highest BCUT2D eigenvalue weighted by Gasteiger charge is 2.20. The molecule has 0 heterocycles. The highest BCUT2D eigenvalue weighted by molar-refractivity contribution is 7.86. The average Bonchev–Trinajstić information content (AvgIpc) is 2.52. The zero-order chi connectivity index (χ0) is 16.0. The first-order valence-corrected chi connectivity index (χ1v) is 8.42. The zero-order valence-corrected chi connectivity index (χ0v) is 13.2. The van der Waals surface area contributed by atoms with Crippen LogP contribution in [0.4, 0.5) is 0 Å². The second kappa shape index (κ2) is 7.26. The molecule has 0 aromatic heterocycles. The summed E-state index contributed by atoms with van der Waals surface area (Å²) >= 11 is 0. The normalized spacial score (nSPS) is 12.5. The molecule has 1 atom stereocenters. The van der Waals surface area contributed by atoms with E-state index in [0.29, 0.717) is 12.8 Å². The van der Waals surface area contributed by atoms with Gasteiger partial charge in [0.05, 0.1) is 4.90 Å². The van der Waals surface area contributed by atoms with E-state index in [0.717, 1.165) is 11.1 Å². The monoisotopic (exact) mass is 314 g/mol. The molecule has 2 aromatic carbocycles. The van der Waals surface area contributed by atoms with Crippen LogP contribution >= 0.6 is 0 Å². The minimum Gasteiger partial charge on any atom is -0.250 e. The maximum Gasteiger partial charge on any atom is 0.298 e.